The highest BCUT2D eigenvalue weighted by Gasteiger charge is 2.21. The SMILES string of the molecule is O=C(O)COc1ccc(CNC(=O)c2scnc2Oc2nonc2Cc2ccccc2)cc1. The lowest BCUT2D eigenvalue weighted by Gasteiger charge is -2.07. The summed E-state index contributed by atoms with van der Waals surface area (Å²) in [6.07, 6.45) is 0.456. The summed E-state index contributed by atoms with van der Waals surface area (Å²) in [7, 11) is 0. The van der Waals surface area contributed by atoms with Crippen LogP contribution in [-0.4, -0.2) is 38.9 Å². The van der Waals surface area contributed by atoms with E-state index in [9.17, 15) is 9.59 Å². The third-order valence-electron chi connectivity index (χ3n) is 4.41. The quantitative estimate of drug-likeness (QED) is 0.361. The molecule has 4 rings (SSSR count). The number of hydrogen-bond donors (Lipinski definition) is 2. The van der Waals surface area contributed by atoms with Gasteiger partial charge < -0.3 is 19.9 Å². The second-order valence-electron chi connectivity index (χ2n) is 6.78. The van der Waals surface area contributed by atoms with E-state index >= 15 is 0 Å². The van der Waals surface area contributed by atoms with Crippen LogP contribution in [0.4, 0.5) is 0 Å². The van der Waals surface area contributed by atoms with Crippen molar-refractivity contribution in [3.05, 3.63) is 81.8 Å². The Hall–Kier alpha value is -4.25. The number of carboxylic acids is 1. The fourth-order valence-corrected chi connectivity index (χ4v) is 3.46. The summed E-state index contributed by atoms with van der Waals surface area (Å²) in [5, 5.41) is 19.1. The van der Waals surface area contributed by atoms with Gasteiger partial charge in [-0.25, -0.2) is 14.4 Å². The van der Waals surface area contributed by atoms with E-state index in [1.165, 1.54) is 5.51 Å². The van der Waals surface area contributed by atoms with Gasteiger partial charge in [-0.1, -0.05) is 47.6 Å². The van der Waals surface area contributed by atoms with Crippen molar-refractivity contribution < 1.29 is 28.8 Å². The number of aromatic nitrogens is 3. The highest BCUT2D eigenvalue weighted by atomic mass is 32.1. The van der Waals surface area contributed by atoms with Crippen LogP contribution in [0, 0.1) is 0 Å². The van der Waals surface area contributed by atoms with Crippen LogP contribution in [-0.2, 0) is 17.8 Å². The number of amides is 1. The molecule has 0 saturated heterocycles. The molecule has 0 fully saturated rings. The smallest absolute Gasteiger partial charge is 0.341 e. The molecule has 4 aromatic rings. The molecule has 2 aromatic carbocycles. The number of nitrogens with one attached hydrogen (secondary N) is 1. The van der Waals surface area contributed by atoms with Crippen LogP contribution >= 0.6 is 11.3 Å². The minimum atomic E-state index is -1.05. The van der Waals surface area contributed by atoms with Crippen molar-refractivity contribution in [3.8, 4) is 17.5 Å². The van der Waals surface area contributed by atoms with Gasteiger partial charge in [-0.05, 0) is 28.4 Å². The molecule has 2 heterocycles. The number of benzene rings is 2. The normalized spacial score (nSPS) is 10.5. The van der Waals surface area contributed by atoms with Crippen LogP contribution in [0.3, 0.4) is 0 Å². The van der Waals surface area contributed by atoms with Gasteiger partial charge in [0.05, 0.1) is 5.51 Å². The Morgan fingerprint density at radius 3 is 2.55 bits per heavy atom. The molecule has 11 heteroatoms. The number of ether oxygens (including phenoxy) is 2. The fourth-order valence-electron chi connectivity index (χ4n) is 2.84. The van der Waals surface area contributed by atoms with Gasteiger partial charge in [0.1, 0.15) is 5.75 Å². The van der Waals surface area contributed by atoms with Gasteiger partial charge in [0.15, 0.2) is 17.2 Å². The topological polar surface area (TPSA) is 137 Å². The summed E-state index contributed by atoms with van der Waals surface area (Å²) in [5.41, 5.74) is 3.81. The van der Waals surface area contributed by atoms with E-state index in [-0.39, 0.29) is 29.1 Å². The number of carboxylic acid groups (broad SMARTS) is 1. The van der Waals surface area contributed by atoms with E-state index in [0.29, 0.717) is 17.9 Å². The number of carbonyl (C=O) groups is 2. The van der Waals surface area contributed by atoms with Crippen molar-refractivity contribution in [2.75, 3.05) is 6.61 Å². The van der Waals surface area contributed by atoms with Gasteiger partial charge in [0.25, 0.3) is 11.8 Å². The number of carbonyl (C=O) groups excluding carboxylic acids is 1. The third kappa shape index (κ3) is 5.92. The molecule has 0 atom stereocenters. The van der Waals surface area contributed by atoms with Gasteiger partial charge in [-0.3, -0.25) is 4.79 Å². The lowest BCUT2D eigenvalue weighted by Crippen LogP contribution is -2.22. The average Bonchev–Trinajstić information content (AvgIpc) is 3.47. The Bertz CT molecular complexity index is 1220. The minimum Gasteiger partial charge on any atom is -0.482 e. The third-order valence-corrected chi connectivity index (χ3v) is 5.22. The van der Waals surface area contributed by atoms with Crippen molar-refractivity contribution in [3.63, 3.8) is 0 Å². The summed E-state index contributed by atoms with van der Waals surface area (Å²) < 4.78 is 15.6. The zero-order valence-electron chi connectivity index (χ0n) is 17.1. The molecule has 0 aliphatic carbocycles. The number of nitrogens with zero attached hydrogens (tertiary/aromatic N) is 3. The largest absolute Gasteiger partial charge is 0.482 e. The van der Waals surface area contributed by atoms with Crippen LogP contribution in [0.15, 0.2) is 64.7 Å². The first-order valence-electron chi connectivity index (χ1n) is 9.77. The lowest BCUT2D eigenvalue weighted by molar-refractivity contribution is -0.139. The van der Waals surface area contributed by atoms with E-state index in [0.717, 1.165) is 22.5 Å². The second kappa shape index (κ2) is 10.4. The lowest BCUT2D eigenvalue weighted by atomic mass is 10.1. The molecule has 1 amide bonds. The zero-order chi connectivity index (χ0) is 23.0. The van der Waals surface area contributed by atoms with Crippen LogP contribution in [0.5, 0.6) is 17.5 Å². The molecule has 0 spiro atoms. The summed E-state index contributed by atoms with van der Waals surface area (Å²) in [6, 6.07) is 16.4. The van der Waals surface area contributed by atoms with Crippen molar-refractivity contribution >= 4 is 23.2 Å². The molecule has 2 N–H and O–H groups in total. The molecule has 168 valence electrons. The van der Waals surface area contributed by atoms with E-state index in [1.54, 1.807) is 24.3 Å². The highest BCUT2D eigenvalue weighted by molar-refractivity contribution is 7.12. The Morgan fingerprint density at radius 1 is 1.00 bits per heavy atom. The van der Waals surface area contributed by atoms with E-state index in [4.69, 9.17) is 19.2 Å². The first kappa shape index (κ1) is 22.0. The number of thiazole rings is 1. The monoisotopic (exact) mass is 466 g/mol. The molecule has 0 aliphatic rings. The maximum Gasteiger partial charge on any atom is 0.341 e. The standard InChI is InChI=1S/C22H18N4O6S/c27-18(28)12-30-16-8-6-15(7-9-16)11-23-20(29)19-22(24-13-33-19)31-21-17(25-32-26-21)10-14-4-2-1-3-5-14/h1-9,13H,10-12H2,(H,23,29)(H,27,28). The predicted molar refractivity (Wildman–Crippen MR) is 116 cm³/mol. The van der Waals surface area contributed by atoms with Gasteiger partial charge in [-0.2, -0.15) is 0 Å². The first-order valence-corrected chi connectivity index (χ1v) is 10.6. The van der Waals surface area contributed by atoms with Crippen LogP contribution < -0.4 is 14.8 Å². The Morgan fingerprint density at radius 2 is 1.79 bits per heavy atom. The number of rotatable bonds is 10. The van der Waals surface area contributed by atoms with Gasteiger partial charge in [0, 0.05) is 13.0 Å². The van der Waals surface area contributed by atoms with Crippen LogP contribution in [0.1, 0.15) is 26.5 Å². The van der Waals surface area contributed by atoms with Crippen molar-refractivity contribution in [1.29, 1.82) is 0 Å². The zero-order valence-corrected chi connectivity index (χ0v) is 17.9. The Balaban J connectivity index is 1.36. The van der Waals surface area contributed by atoms with Crippen LogP contribution in [0.2, 0.25) is 0 Å². The minimum absolute atomic E-state index is 0.111. The molecule has 0 unspecified atom stereocenters. The second-order valence-corrected chi connectivity index (χ2v) is 7.63. The molecule has 2 aromatic heterocycles. The van der Waals surface area contributed by atoms with E-state index in [2.05, 4.69) is 20.6 Å². The van der Waals surface area contributed by atoms with E-state index < -0.39 is 12.6 Å². The van der Waals surface area contributed by atoms with Crippen LogP contribution in [0.25, 0.3) is 0 Å². The maximum absolute atomic E-state index is 12.7. The van der Waals surface area contributed by atoms with Crippen molar-refractivity contribution in [2.45, 2.75) is 13.0 Å². The molecule has 0 aliphatic heterocycles. The Kier molecular flexibility index (Phi) is 6.90. The van der Waals surface area contributed by atoms with Gasteiger partial charge in [0.2, 0.25) is 5.88 Å². The summed E-state index contributed by atoms with van der Waals surface area (Å²) >= 11 is 1.13. The molecule has 0 radical (unpaired) electrons. The first-order chi connectivity index (χ1) is 16.1. The molecular weight excluding hydrogens is 448 g/mol. The molecule has 0 saturated carbocycles. The number of hydrogen-bond acceptors (Lipinski definition) is 9. The molecule has 10 nitrogen and oxygen atoms in total. The average molecular weight is 466 g/mol. The van der Waals surface area contributed by atoms with Crippen molar-refractivity contribution in [1.82, 2.24) is 20.6 Å². The highest BCUT2D eigenvalue weighted by Crippen LogP contribution is 2.28. The molecule has 33 heavy (non-hydrogen) atoms. The Labute approximate surface area is 191 Å². The number of aliphatic carboxylic acids is 1. The van der Waals surface area contributed by atoms with Gasteiger partial charge in [-0.15, -0.1) is 11.3 Å². The van der Waals surface area contributed by atoms with Gasteiger partial charge >= 0.3 is 5.97 Å². The summed E-state index contributed by atoms with van der Waals surface area (Å²) in [5.74, 6) is -0.726. The molecular formula is C22H18N4O6S. The summed E-state index contributed by atoms with van der Waals surface area (Å²) in [6.45, 7) is -0.168. The van der Waals surface area contributed by atoms with E-state index in [1.807, 2.05) is 30.3 Å². The predicted octanol–water partition coefficient (Wildman–Crippen LogP) is 3.30. The summed E-state index contributed by atoms with van der Waals surface area (Å²) in [4.78, 5) is 27.6. The maximum atomic E-state index is 12.7. The van der Waals surface area contributed by atoms with Crippen molar-refractivity contribution in [2.24, 2.45) is 0 Å². The molecule has 0 bridgehead atoms. The fraction of sp³-hybridized carbons (Fsp3) is 0.136.